The molecule has 7 nitrogen and oxygen atoms in total. The van der Waals surface area contributed by atoms with E-state index in [4.69, 9.17) is 4.74 Å². The van der Waals surface area contributed by atoms with Gasteiger partial charge in [-0.15, -0.1) is 0 Å². The molecule has 1 amide bonds. The Bertz CT molecular complexity index is 1470. The molecule has 2 aromatic carbocycles. The van der Waals surface area contributed by atoms with E-state index in [2.05, 4.69) is 22.4 Å². The van der Waals surface area contributed by atoms with Gasteiger partial charge in [-0.1, -0.05) is 30.3 Å². The van der Waals surface area contributed by atoms with Crippen molar-refractivity contribution in [3.8, 4) is 16.9 Å². The van der Waals surface area contributed by atoms with Crippen LogP contribution in [0.5, 0.6) is 5.75 Å². The summed E-state index contributed by atoms with van der Waals surface area (Å²) in [5.41, 5.74) is 4.57. The molecule has 0 spiro atoms. The normalized spacial score (nSPS) is 13.9. The molecule has 0 atom stereocenters. The minimum atomic E-state index is -0.245. The van der Waals surface area contributed by atoms with Gasteiger partial charge in [0.1, 0.15) is 11.4 Å². The summed E-state index contributed by atoms with van der Waals surface area (Å²) < 4.78 is 7.86. The van der Waals surface area contributed by atoms with Crippen molar-refractivity contribution >= 4 is 28.8 Å². The minimum absolute atomic E-state index is 0.215. The number of aromatic nitrogens is 2. The number of hydrogen-bond donors (Lipinski definition) is 1. The molecule has 2 aromatic heterocycles. The molecular formula is C28H26N4O3. The standard InChI is InChI=1S/C28H26N4O3/c1-31(2)14-13-30-28(34)19-9-10-23-22(15-19)26(33)24(35-23)16-20-17-32(3)27-25(20)21(11-12-29-27)18-7-5-4-6-8-18/h4-12,15-17H,13-14H2,1-3H3,(H,30,34). The average Bonchev–Trinajstić information content (AvgIpc) is 3.35. The Morgan fingerprint density at radius 1 is 1.11 bits per heavy atom. The fourth-order valence-corrected chi connectivity index (χ4v) is 4.27. The van der Waals surface area contributed by atoms with E-state index in [9.17, 15) is 9.59 Å². The molecule has 1 aliphatic heterocycles. The number of benzene rings is 2. The van der Waals surface area contributed by atoms with Crippen LogP contribution < -0.4 is 10.1 Å². The lowest BCUT2D eigenvalue weighted by molar-refractivity contribution is 0.0951. The topological polar surface area (TPSA) is 76.5 Å². The van der Waals surface area contributed by atoms with Crippen LogP contribution in [0.4, 0.5) is 0 Å². The fourth-order valence-electron chi connectivity index (χ4n) is 4.27. The number of pyridine rings is 1. The number of fused-ring (bicyclic) bond motifs is 2. The zero-order valence-electron chi connectivity index (χ0n) is 19.9. The van der Waals surface area contributed by atoms with Gasteiger partial charge >= 0.3 is 0 Å². The summed E-state index contributed by atoms with van der Waals surface area (Å²) in [6, 6.07) is 17.0. The quantitative estimate of drug-likeness (QED) is 0.432. The summed E-state index contributed by atoms with van der Waals surface area (Å²) in [4.78, 5) is 32.3. The van der Waals surface area contributed by atoms with E-state index in [1.165, 1.54) is 0 Å². The predicted octanol–water partition coefficient (Wildman–Crippen LogP) is 4.15. The maximum Gasteiger partial charge on any atom is 0.251 e. The molecule has 0 saturated heterocycles. The van der Waals surface area contributed by atoms with Crippen LogP contribution >= 0.6 is 0 Å². The summed E-state index contributed by atoms with van der Waals surface area (Å²) in [6.45, 7) is 1.26. The third kappa shape index (κ3) is 4.34. The van der Waals surface area contributed by atoms with Crippen molar-refractivity contribution < 1.29 is 14.3 Å². The molecule has 0 unspecified atom stereocenters. The molecule has 1 aliphatic rings. The van der Waals surface area contributed by atoms with Crippen molar-refractivity contribution in [2.75, 3.05) is 27.2 Å². The van der Waals surface area contributed by atoms with E-state index in [0.29, 0.717) is 23.4 Å². The third-order valence-electron chi connectivity index (χ3n) is 6.03. The second kappa shape index (κ2) is 9.19. The van der Waals surface area contributed by atoms with Gasteiger partial charge in [0.25, 0.3) is 5.91 Å². The summed E-state index contributed by atoms with van der Waals surface area (Å²) >= 11 is 0. The van der Waals surface area contributed by atoms with E-state index in [0.717, 1.165) is 34.3 Å². The van der Waals surface area contributed by atoms with Crippen molar-refractivity contribution in [1.82, 2.24) is 19.8 Å². The summed E-state index contributed by atoms with van der Waals surface area (Å²) in [6.07, 6.45) is 5.50. The second-order valence-corrected chi connectivity index (χ2v) is 8.83. The highest BCUT2D eigenvalue weighted by atomic mass is 16.5. The lowest BCUT2D eigenvalue weighted by Gasteiger charge is -2.10. The fraction of sp³-hybridized carbons (Fsp3) is 0.179. The maximum atomic E-state index is 13.2. The molecule has 35 heavy (non-hydrogen) atoms. The van der Waals surface area contributed by atoms with Gasteiger partial charge in [0.05, 0.1) is 5.56 Å². The first kappa shape index (κ1) is 22.6. The first-order valence-corrected chi connectivity index (χ1v) is 11.4. The van der Waals surface area contributed by atoms with Crippen LogP contribution in [0, 0.1) is 0 Å². The van der Waals surface area contributed by atoms with Crippen LogP contribution in [0.1, 0.15) is 26.3 Å². The smallest absolute Gasteiger partial charge is 0.251 e. The van der Waals surface area contributed by atoms with E-state index in [-0.39, 0.29) is 17.4 Å². The first-order valence-electron chi connectivity index (χ1n) is 11.4. The van der Waals surface area contributed by atoms with Crippen LogP contribution in [0.25, 0.3) is 28.2 Å². The van der Waals surface area contributed by atoms with Gasteiger partial charge in [0, 0.05) is 49.0 Å². The van der Waals surface area contributed by atoms with E-state index in [1.807, 2.05) is 61.1 Å². The van der Waals surface area contributed by atoms with Crippen LogP contribution in [0.3, 0.4) is 0 Å². The average molecular weight is 467 g/mol. The predicted molar refractivity (Wildman–Crippen MR) is 136 cm³/mol. The number of ether oxygens (including phenoxy) is 1. The van der Waals surface area contributed by atoms with Crippen molar-refractivity contribution in [2.45, 2.75) is 0 Å². The van der Waals surface area contributed by atoms with Gasteiger partial charge in [-0.2, -0.15) is 0 Å². The number of Topliss-reactive ketones (excluding diaryl/α,β-unsaturated/α-hetero) is 1. The summed E-state index contributed by atoms with van der Waals surface area (Å²) in [5.74, 6) is 0.214. The number of allylic oxidation sites excluding steroid dienone is 1. The van der Waals surface area contributed by atoms with Crippen molar-refractivity contribution in [2.24, 2.45) is 7.05 Å². The van der Waals surface area contributed by atoms with Crippen molar-refractivity contribution in [3.05, 3.63) is 89.4 Å². The van der Waals surface area contributed by atoms with Crippen LogP contribution in [0.2, 0.25) is 0 Å². The summed E-state index contributed by atoms with van der Waals surface area (Å²) in [5, 5.41) is 3.82. The molecule has 5 rings (SSSR count). The SMILES string of the molecule is CN(C)CCNC(=O)c1ccc2c(c1)C(=O)C(=Cc1cn(C)c3nccc(-c4ccccc4)c13)O2. The Kier molecular flexibility index (Phi) is 5.93. The number of carbonyl (C=O) groups excluding carboxylic acids is 2. The zero-order chi connectivity index (χ0) is 24.5. The number of carbonyl (C=O) groups is 2. The Labute approximate surface area is 203 Å². The van der Waals surface area contributed by atoms with Gasteiger partial charge in [-0.05, 0) is 55.6 Å². The van der Waals surface area contributed by atoms with Gasteiger partial charge in [0.2, 0.25) is 5.78 Å². The Hall–Kier alpha value is -4.23. The molecule has 0 bridgehead atoms. The number of likely N-dealkylation sites (N-methyl/N-ethyl adjacent to an activating group) is 1. The molecule has 0 fully saturated rings. The van der Waals surface area contributed by atoms with E-state index in [1.54, 1.807) is 30.5 Å². The van der Waals surface area contributed by atoms with Gasteiger partial charge in [-0.25, -0.2) is 4.98 Å². The molecule has 7 heteroatoms. The van der Waals surface area contributed by atoms with Crippen LogP contribution in [0.15, 0.2) is 72.8 Å². The highest BCUT2D eigenvalue weighted by Gasteiger charge is 2.29. The largest absolute Gasteiger partial charge is 0.452 e. The Balaban J connectivity index is 1.48. The molecule has 176 valence electrons. The van der Waals surface area contributed by atoms with Gasteiger partial charge in [-0.3, -0.25) is 9.59 Å². The van der Waals surface area contributed by atoms with Crippen LogP contribution in [-0.2, 0) is 7.05 Å². The lowest BCUT2D eigenvalue weighted by Crippen LogP contribution is -2.31. The molecule has 4 aromatic rings. The number of nitrogens with one attached hydrogen (secondary N) is 1. The highest BCUT2D eigenvalue weighted by Crippen LogP contribution is 2.36. The first-order chi connectivity index (χ1) is 16.9. The Morgan fingerprint density at radius 3 is 2.69 bits per heavy atom. The van der Waals surface area contributed by atoms with Crippen molar-refractivity contribution in [3.63, 3.8) is 0 Å². The number of aryl methyl sites for hydroxylation is 1. The zero-order valence-corrected chi connectivity index (χ0v) is 19.9. The number of ketones is 1. The number of rotatable bonds is 6. The molecular weight excluding hydrogens is 440 g/mol. The number of amides is 1. The number of hydrogen-bond acceptors (Lipinski definition) is 5. The van der Waals surface area contributed by atoms with Crippen molar-refractivity contribution in [1.29, 1.82) is 0 Å². The van der Waals surface area contributed by atoms with E-state index >= 15 is 0 Å². The molecule has 0 saturated carbocycles. The number of nitrogens with zero attached hydrogens (tertiary/aromatic N) is 3. The monoisotopic (exact) mass is 466 g/mol. The maximum absolute atomic E-state index is 13.2. The molecule has 0 aliphatic carbocycles. The van der Waals surface area contributed by atoms with Crippen LogP contribution in [-0.4, -0.2) is 53.3 Å². The Morgan fingerprint density at radius 2 is 1.91 bits per heavy atom. The highest BCUT2D eigenvalue weighted by molar-refractivity contribution is 6.16. The van der Waals surface area contributed by atoms with Gasteiger partial charge < -0.3 is 19.5 Å². The lowest BCUT2D eigenvalue weighted by atomic mass is 10.0. The summed E-state index contributed by atoms with van der Waals surface area (Å²) in [7, 11) is 5.82. The minimum Gasteiger partial charge on any atom is -0.452 e. The second-order valence-electron chi connectivity index (χ2n) is 8.83. The third-order valence-corrected chi connectivity index (χ3v) is 6.03. The molecule has 1 N–H and O–H groups in total. The van der Waals surface area contributed by atoms with Gasteiger partial charge in [0.15, 0.2) is 5.76 Å². The molecule has 0 radical (unpaired) electrons. The van der Waals surface area contributed by atoms with E-state index < -0.39 is 0 Å². The molecule has 3 heterocycles.